The maximum atomic E-state index is 12.0. The van der Waals surface area contributed by atoms with Crippen molar-refractivity contribution < 1.29 is 9.53 Å². The van der Waals surface area contributed by atoms with Gasteiger partial charge in [-0.05, 0) is 18.8 Å². The Kier molecular flexibility index (Phi) is 4.80. The Labute approximate surface area is 104 Å². The topological polar surface area (TPSA) is 41.6 Å². The number of nitrogens with zero attached hydrogens (tertiary/aromatic N) is 1. The number of nitrogens with one attached hydrogen (secondary N) is 1. The van der Waals surface area contributed by atoms with Crippen LogP contribution in [0.5, 0.6) is 0 Å². The minimum absolute atomic E-state index is 0.00222. The molecule has 4 heteroatoms. The molecule has 4 nitrogen and oxygen atoms in total. The van der Waals surface area contributed by atoms with Crippen LogP contribution < -0.4 is 5.32 Å². The van der Waals surface area contributed by atoms with Gasteiger partial charge in [-0.2, -0.15) is 0 Å². The number of piperazine rings is 1. The quantitative estimate of drug-likeness (QED) is 0.748. The van der Waals surface area contributed by atoms with Gasteiger partial charge in [-0.3, -0.25) is 9.69 Å². The zero-order valence-electron chi connectivity index (χ0n) is 10.8. The molecule has 98 valence electrons. The van der Waals surface area contributed by atoms with E-state index >= 15 is 0 Å². The maximum Gasteiger partial charge on any atom is 0.323 e. The lowest BCUT2D eigenvalue weighted by atomic mass is 9.83. The number of hydrogen-bond donors (Lipinski definition) is 1. The predicted octanol–water partition coefficient (Wildman–Crippen LogP) is 1.01. The van der Waals surface area contributed by atoms with E-state index in [-0.39, 0.29) is 12.0 Å². The smallest absolute Gasteiger partial charge is 0.323 e. The molecule has 1 aliphatic heterocycles. The Morgan fingerprint density at radius 1 is 1.24 bits per heavy atom. The van der Waals surface area contributed by atoms with E-state index < -0.39 is 0 Å². The first-order valence-electron chi connectivity index (χ1n) is 6.85. The summed E-state index contributed by atoms with van der Waals surface area (Å²) in [5.74, 6) is 0.480. The second kappa shape index (κ2) is 6.36. The van der Waals surface area contributed by atoms with Crippen molar-refractivity contribution in [2.75, 3.05) is 33.3 Å². The lowest BCUT2D eigenvalue weighted by Gasteiger charge is -2.38. The monoisotopic (exact) mass is 240 g/mol. The first-order chi connectivity index (χ1) is 8.33. The number of methoxy groups -OCH3 is 1. The van der Waals surface area contributed by atoms with Gasteiger partial charge in [-0.15, -0.1) is 0 Å². The fraction of sp³-hybridized carbons (Fsp3) is 0.923. The lowest BCUT2D eigenvalue weighted by molar-refractivity contribution is -0.150. The summed E-state index contributed by atoms with van der Waals surface area (Å²) in [6.45, 7) is 3.91. The molecule has 17 heavy (non-hydrogen) atoms. The van der Waals surface area contributed by atoms with Gasteiger partial charge in [0.05, 0.1) is 7.11 Å². The standard InChI is InChI=1S/C13H24N2O2/c1-17-13(16)12(11-5-3-2-4-6-11)15-9-7-14-8-10-15/h11-12,14H,2-10H2,1H3. The molecule has 0 radical (unpaired) electrons. The third kappa shape index (κ3) is 3.19. The second-order valence-electron chi connectivity index (χ2n) is 5.15. The average molecular weight is 240 g/mol. The molecule has 1 atom stereocenters. The number of carbonyl (C=O) groups is 1. The van der Waals surface area contributed by atoms with Crippen molar-refractivity contribution in [2.24, 2.45) is 5.92 Å². The van der Waals surface area contributed by atoms with Gasteiger partial charge in [0.25, 0.3) is 0 Å². The zero-order chi connectivity index (χ0) is 12.1. The van der Waals surface area contributed by atoms with Gasteiger partial charge in [0.15, 0.2) is 0 Å². The van der Waals surface area contributed by atoms with E-state index in [1.54, 1.807) is 0 Å². The Bertz CT molecular complexity index is 228. The zero-order valence-corrected chi connectivity index (χ0v) is 10.8. The summed E-state index contributed by atoms with van der Waals surface area (Å²) in [7, 11) is 1.51. The highest BCUT2D eigenvalue weighted by molar-refractivity contribution is 5.76. The Hall–Kier alpha value is -0.610. The van der Waals surface area contributed by atoms with E-state index in [9.17, 15) is 4.79 Å². The molecule has 1 unspecified atom stereocenters. The van der Waals surface area contributed by atoms with Crippen LogP contribution in [0.15, 0.2) is 0 Å². The summed E-state index contributed by atoms with van der Waals surface area (Å²) < 4.78 is 5.02. The number of esters is 1. The van der Waals surface area contributed by atoms with Gasteiger partial charge in [-0.25, -0.2) is 0 Å². The van der Waals surface area contributed by atoms with Crippen LogP contribution in [0, 0.1) is 5.92 Å². The third-order valence-electron chi connectivity index (χ3n) is 4.08. The molecule has 0 bridgehead atoms. The van der Waals surface area contributed by atoms with E-state index in [4.69, 9.17) is 4.74 Å². The van der Waals surface area contributed by atoms with Crippen molar-refractivity contribution in [1.29, 1.82) is 0 Å². The van der Waals surface area contributed by atoms with Crippen LogP contribution in [0.3, 0.4) is 0 Å². The number of carbonyl (C=O) groups excluding carboxylic acids is 1. The summed E-state index contributed by atoms with van der Waals surface area (Å²) in [6.07, 6.45) is 6.23. The van der Waals surface area contributed by atoms with E-state index in [0.29, 0.717) is 5.92 Å². The summed E-state index contributed by atoms with van der Waals surface area (Å²) in [6, 6.07) is 0.00222. The summed E-state index contributed by atoms with van der Waals surface area (Å²) >= 11 is 0. The largest absolute Gasteiger partial charge is 0.468 e. The van der Waals surface area contributed by atoms with Crippen molar-refractivity contribution in [1.82, 2.24) is 10.2 Å². The first kappa shape index (κ1) is 12.8. The summed E-state index contributed by atoms with van der Waals surface area (Å²) in [5, 5.41) is 3.34. The van der Waals surface area contributed by atoms with Crippen molar-refractivity contribution in [3.05, 3.63) is 0 Å². The Morgan fingerprint density at radius 3 is 2.47 bits per heavy atom. The molecular formula is C13H24N2O2. The van der Waals surface area contributed by atoms with E-state index in [1.807, 2.05) is 0 Å². The van der Waals surface area contributed by atoms with E-state index in [0.717, 1.165) is 26.2 Å². The lowest BCUT2D eigenvalue weighted by Crippen LogP contribution is -2.54. The number of ether oxygens (including phenoxy) is 1. The van der Waals surface area contributed by atoms with Gasteiger partial charge in [0.1, 0.15) is 6.04 Å². The van der Waals surface area contributed by atoms with Crippen LogP contribution in [-0.4, -0.2) is 50.2 Å². The molecule has 1 saturated heterocycles. The van der Waals surface area contributed by atoms with Crippen LogP contribution in [-0.2, 0) is 9.53 Å². The van der Waals surface area contributed by atoms with Gasteiger partial charge in [0, 0.05) is 26.2 Å². The van der Waals surface area contributed by atoms with Gasteiger partial charge in [-0.1, -0.05) is 19.3 Å². The number of hydrogen-bond acceptors (Lipinski definition) is 4. The molecule has 2 fully saturated rings. The van der Waals surface area contributed by atoms with Gasteiger partial charge < -0.3 is 10.1 Å². The first-order valence-corrected chi connectivity index (χ1v) is 6.85. The highest BCUT2D eigenvalue weighted by Gasteiger charge is 2.35. The molecule has 1 aliphatic carbocycles. The van der Waals surface area contributed by atoms with Crippen LogP contribution in [0.2, 0.25) is 0 Å². The Morgan fingerprint density at radius 2 is 1.88 bits per heavy atom. The fourth-order valence-corrected chi connectivity index (χ4v) is 3.17. The molecule has 1 N–H and O–H groups in total. The molecule has 0 aromatic rings. The molecule has 2 aliphatic rings. The SMILES string of the molecule is COC(=O)C(C1CCCCC1)N1CCNCC1. The van der Waals surface area contributed by atoms with Crippen molar-refractivity contribution in [2.45, 2.75) is 38.1 Å². The third-order valence-corrected chi connectivity index (χ3v) is 4.08. The molecule has 0 aromatic heterocycles. The highest BCUT2D eigenvalue weighted by atomic mass is 16.5. The molecule has 0 amide bonds. The van der Waals surface area contributed by atoms with Gasteiger partial charge >= 0.3 is 5.97 Å². The Balaban J connectivity index is 2.02. The highest BCUT2D eigenvalue weighted by Crippen LogP contribution is 2.29. The van der Waals surface area contributed by atoms with Gasteiger partial charge in [0.2, 0.25) is 0 Å². The number of rotatable bonds is 3. The summed E-state index contributed by atoms with van der Waals surface area (Å²) in [4.78, 5) is 14.3. The normalized spacial score (nSPS) is 25.5. The predicted molar refractivity (Wildman–Crippen MR) is 66.8 cm³/mol. The van der Waals surface area contributed by atoms with Crippen molar-refractivity contribution >= 4 is 5.97 Å². The molecule has 0 spiro atoms. The molecule has 1 heterocycles. The second-order valence-corrected chi connectivity index (χ2v) is 5.15. The molecular weight excluding hydrogens is 216 g/mol. The van der Waals surface area contributed by atoms with Crippen molar-refractivity contribution in [3.8, 4) is 0 Å². The van der Waals surface area contributed by atoms with Crippen LogP contribution >= 0.6 is 0 Å². The van der Waals surface area contributed by atoms with Crippen LogP contribution in [0.25, 0.3) is 0 Å². The van der Waals surface area contributed by atoms with E-state index in [1.165, 1.54) is 39.2 Å². The van der Waals surface area contributed by atoms with Crippen molar-refractivity contribution in [3.63, 3.8) is 0 Å². The fourth-order valence-electron chi connectivity index (χ4n) is 3.17. The average Bonchev–Trinajstić information content (AvgIpc) is 2.41. The van der Waals surface area contributed by atoms with Crippen LogP contribution in [0.1, 0.15) is 32.1 Å². The minimum atomic E-state index is -0.0289. The molecule has 2 rings (SSSR count). The summed E-state index contributed by atoms with van der Waals surface area (Å²) in [5.41, 5.74) is 0. The minimum Gasteiger partial charge on any atom is -0.468 e. The molecule has 1 saturated carbocycles. The molecule has 0 aromatic carbocycles. The van der Waals surface area contributed by atoms with Crippen LogP contribution in [0.4, 0.5) is 0 Å². The maximum absolute atomic E-state index is 12.0. The van der Waals surface area contributed by atoms with E-state index in [2.05, 4.69) is 10.2 Å².